The predicted molar refractivity (Wildman–Crippen MR) is 106 cm³/mol. The Morgan fingerprint density at radius 1 is 1.15 bits per heavy atom. The van der Waals surface area contributed by atoms with Crippen molar-refractivity contribution in [2.45, 2.75) is 64.0 Å². The fourth-order valence-electron chi connectivity index (χ4n) is 4.82. The van der Waals surface area contributed by atoms with E-state index in [1.807, 2.05) is 0 Å². The van der Waals surface area contributed by atoms with E-state index in [1.54, 1.807) is 0 Å². The molecule has 2 aliphatic heterocycles. The van der Waals surface area contributed by atoms with Crippen molar-refractivity contribution in [3.8, 4) is 0 Å². The summed E-state index contributed by atoms with van der Waals surface area (Å²) in [5.74, 6) is 3.34. The van der Waals surface area contributed by atoms with Gasteiger partial charge in [-0.2, -0.15) is 0 Å². The molecule has 1 atom stereocenters. The highest BCUT2D eigenvalue weighted by Gasteiger charge is 2.42. The molecule has 3 heterocycles. The van der Waals surface area contributed by atoms with Crippen LogP contribution in [0.3, 0.4) is 0 Å². The maximum atomic E-state index is 12.6. The van der Waals surface area contributed by atoms with E-state index in [1.165, 1.54) is 12.8 Å². The zero-order valence-corrected chi connectivity index (χ0v) is 17.1. The van der Waals surface area contributed by atoms with Crippen molar-refractivity contribution < 1.29 is 9.21 Å². The highest BCUT2D eigenvalue weighted by atomic mass is 16.3. The summed E-state index contributed by atoms with van der Waals surface area (Å²) in [6.45, 7) is 8.17. The quantitative estimate of drug-likeness (QED) is 0.768. The first-order chi connectivity index (χ1) is 13.1. The zero-order chi connectivity index (χ0) is 18.9. The molecule has 0 radical (unpaired) electrons. The van der Waals surface area contributed by atoms with Crippen molar-refractivity contribution in [2.24, 2.45) is 5.92 Å². The molecule has 5 nitrogen and oxygen atoms in total. The van der Waals surface area contributed by atoms with Crippen LogP contribution >= 0.6 is 0 Å². The lowest BCUT2D eigenvalue weighted by Crippen LogP contribution is -2.60. The van der Waals surface area contributed by atoms with E-state index in [9.17, 15) is 4.79 Å². The average molecular weight is 374 g/mol. The lowest BCUT2D eigenvalue weighted by Gasteiger charge is -2.49. The molecule has 1 amide bonds. The molecule has 5 heteroatoms. The number of hydrogen-bond acceptors (Lipinski definition) is 4. The standard InChI is InChI=1S/C22H35N3O2/c1-3-4-19-7-8-20(27-19)16-24-14-13-23(2)22(17-24)10-9-21(26)25(12-11-22)15-18-5-6-18/h7-8,18H,3-6,9-17H2,1-2H3. The monoisotopic (exact) mass is 373 g/mol. The molecule has 1 saturated carbocycles. The van der Waals surface area contributed by atoms with Crippen molar-refractivity contribution in [2.75, 3.05) is 39.8 Å². The molecule has 1 unspecified atom stereocenters. The molecule has 0 bridgehead atoms. The molecule has 4 rings (SSSR count). The van der Waals surface area contributed by atoms with Gasteiger partial charge in [-0.1, -0.05) is 6.92 Å². The molecular weight excluding hydrogens is 338 g/mol. The Labute approximate surface area is 163 Å². The molecule has 3 fully saturated rings. The van der Waals surface area contributed by atoms with Crippen molar-refractivity contribution in [1.82, 2.24) is 14.7 Å². The SMILES string of the molecule is CCCc1ccc(CN2CCN(C)C3(CCC(=O)N(CC4CC4)CC3)C2)o1. The van der Waals surface area contributed by atoms with Gasteiger partial charge in [-0.05, 0) is 57.2 Å². The number of carbonyl (C=O) groups excluding carboxylic acids is 1. The summed E-state index contributed by atoms with van der Waals surface area (Å²) in [6.07, 6.45) is 7.54. The number of likely N-dealkylation sites (N-methyl/N-ethyl adjacent to an activating group) is 1. The summed E-state index contributed by atoms with van der Waals surface area (Å²) in [5.41, 5.74) is 0.130. The van der Waals surface area contributed by atoms with E-state index in [0.29, 0.717) is 12.3 Å². The van der Waals surface area contributed by atoms with Gasteiger partial charge in [0.25, 0.3) is 0 Å². The van der Waals surface area contributed by atoms with E-state index in [2.05, 4.69) is 40.8 Å². The Morgan fingerprint density at radius 2 is 1.96 bits per heavy atom. The summed E-state index contributed by atoms with van der Waals surface area (Å²) < 4.78 is 6.02. The van der Waals surface area contributed by atoms with Gasteiger partial charge in [-0.25, -0.2) is 0 Å². The maximum Gasteiger partial charge on any atom is 0.222 e. The van der Waals surface area contributed by atoms with Gasteiger partial charge in [0, 0.05) is 51.1 Å². The molecule has 1 aliphatic carbocycles. The van der Waals surface area contributed by atoms with Crippen molar-refractivity contribution in [1.29, 1.82) is 0 Å². The van der Waals surface area contributed by atoms with Gasteiger partial charge in [0.1, 0.15) is 11.5 Å². The van der Waals surface area contributed by atoms with Crippen LogP contribution in [0.15, 0.2) is 16.5 Å². The van der Waals surface area contributed by atoms with Gasteiger partial charge in [0.05, 0.1) is 6.54 Å². The van der Waals surface area contributed by atoms with Crippen molar-refractivity contribution in [3.63, 3.8) is 0 Å². The molecule has 150 valence electrons. The van der Waals surface area contributed by atoms with Gasteiger partial charge in [-0.3, -0.25) is 14.6 Å². The highest BCUT2D eigenvalue weighted by molar-refractivity contribution is 5.76. The van der Waals surface area contributed by atoms with Crippen LogP contribution in [0.25, 0.3) is 0 Å². The second-order valence-electron chi connectivity index (χ2n) is 9.01. The maximum absolute atomic E-state index is 12.6. The van der Waals surface area contributed by atoms with Crippen LogP contribution in [0.4, 0.5) is 0 Å². The van der Waals surface area contributed by atoms with Gasteiger partial charge < -0.3 is 9.32 Å². The third kappa shape index (κ3) is 4.40. The van der Waals surface area contributed by atoms with Crippen LogP contribution < -0.4 is 0 Å². The van der Waals surface area contributed by atoms with E-state index >= 15 is 0 Å². The second-order valence-corrected chi connectivity index (χ2v) is 9.01. The molecule has 1 aromatic rings. The summed E-state index contributed by atoms with van der Waals surface area (Å²) >= 11 is 0. The summed E-state index contributed by atoms with van der Waals surface area (Å²) in [7, 11) is 2.25. The minimum absolute atomic E-state index is 0.130. The summed E-state index contributed by atoms with van der Waals surface area (Å²) in [5, 5.41) is 0. The molecule has 2 saturated heterocycles. The normalized spacial score (nSPS) is 28.1. The molecular formula is C22H35N3O2. The first kappa shape index (κ1) is 19.0. The van der Waals surface area contributed by atoms with Crippen LogP contribution in [-0.2, 0) is 17.8 Å². The first-order valence-corrected chi connectivity index (χ1v) is 10.9. The number of piperazine rings is 1. The predicted octanol–water partition coefficient (Wildman–Crippen LogP) is 3.14. The van der Waals surface area contributed by atoms with Crippen molar-refractivity contribution >= 4 is 5.91 Å². The minimum atomic E-state index is 0.130. The third-order valence-electron chi connectivity index (χ3n) is 6.85. The van der Waals surface area contributed by atoms with E-state index < -0.39 is 0 Å². The Morgan fingerprint density at radius 3 is 2.74 bits per heavy atom. The fourth-order valence-corrected chi connectivity index (χ4v) is 4.82. The number of likely N-dealkylation sites (tertiary alicyclic amines) is 1. The molecule has 1 aromatic heterocycles. The molecule has 0 aromatic carbocycles. The van der Waals surface area contributed by atoms with Gasteiger partial charge in [0.2, 0.25) is 5.91 Å². The third-order valence-corrected chi connectivity index (χ3v) is 6.85. The Kier molecular flexibility index (Phi) is 5.60. The molecule has 3 aliphatic rings. The Balaban J connectivity index is 1.40. The Bertz CT molecular complexity index is 654. The fraction of sp³-hybridized carbons (Fsp3) is 0.773. The zero-order valence-electron chi connectivity index (χ0n) is 17.1. The number of carbonyl (C=O) groups is 1. The number of hydrogen-bond donors (Lipinski definition) is 0. The second kappa shape index (κ2) is 7.96. The van der Waals surface area contributed by atoms with Gasteiger partial charge in [-0.15, -0.1) is 0 Å². The minimum Gasteiger partial charge on any atom is -0.465 e. The number of rotatable bonds is 6. The van der Waals surface area contributed by atoms with Crippen LogP contribution in [0, 0.1) is 5.92 Å². The lowest BCUT2D eigenvalue weighted by atomic mass is 9.86. The van der Waals surface area contributed by atoms with Gasteiger partial charge in [0.15, 0.2) is 0 Å². The largest absolute Gasteiger partial charge is 0.465 e. The van der Waals surface area contributed by atoms with E-state index in [0.717, 1.165) is 82.4 Å². The summed E-state index contributed by atoms with van der Waals surface area (Å²) in [4.78, 5) is 19.8. The molecule has 1 spiro atoms. The van der Waals surface area contributed by atoms with Gasteiger partial charge >= 0.3 is 0 Å². The van der Waals surface area contributed by atoms with Crippen LogP contribution in [-0.4, -0.2) is 65.9 Å². The van der Waals surface area contributed by atoms with Crippen molar-refractivity contribution in [3.05, 3.63) is 23.7 Å². The Hall–Kier alpha value is -1.33. The first-order valence-electron chi connectivity index (χ1n) is 10.9. The van der Waals surface area contributed by atoms with Crippen LogP contribution in [0.5, 0.6) is 0 Å². The van der Waals surface area contributed by atoms with E-state index in [-0.39, 0.29) is 5.54 Å². The lowest BCUT2D eigenvalue weighted by molar-refractivity contribution is -0.131. The number of amides is 1. The molecule has 0 N–H and O–H groups in total. The van der Waals surface area contributed by atoms with Crippen LogP contribution in [0.2, 0.25) is 0 Å². The topological polar surface area (TPSA) is 39.9 Å². The highest BCUT2D eigenvalue weighted by Crippen LogP contribution is 2.35. The smallest absolute Gasteiger partial charge is 0.222 e. The molecule has 27 heavy (non-hydrogen) atoms. The summed E-state index contributed by atoms with van der Waals surface area (Å²) in [6, 6.07) is 4.27. The van der Waals surface area contributed by atoms with Crippen LogP contribution in [0.1, 0.15) is 57.0 Å². The number of nitrogens with zero attached hydrogens (tertiary/aromatic N) is 3. The number of furan rings is 1. The van der Waals surface area contributed by atoms with E-state index in [4.69, 9.17) is 4.42 Å². The number of aryl methyl sites for hydroxylation is 1. The average Bonchev–Trinajstić information content (AvgIpc) is 3.40.